The lowest BCUT2D eigenvalue weighted by atomic mass is 10.1. The van der Waals surface area contributed by atoms with Gasteiger partial charge in [-0.2, -0.15) is 5.10 Å². The summed E-state index contributed by atoms with van der Waals surface area (Å²) in [6.45, 7) is 9.73. The van der Waals surface area contributed by atoms with Gasteiger partial charge >= 0.3 is 0 Å². The average molecular weight is 377 g/mol. The first-order valence-electron chi connectivity index (χ1n) is 8.44. The normalized spacial score (nSPS) is 11.3. The number of halogens is 1. The highest BCUT2D eigenvalue weighted by Gasteiger charge is 2.21. The first kappa shape index (κ1) is 20.0. The Hall–Kier alpha value is -2.34. The molecule has 2 N–H and O–H groups in total. The maximum atomic E-state index is 12.4. The van der Waals surface area contributed by atoms with Crippen molar-refractivity contribution in [2.24, 2.45) is 0 Å². The standard InChI is InChI=1S/C19H25ClN4O2/c1-12-6-8-14(9-7-12)11-24-17(20)16(13(2)23-24)18(26)21-10-15(25)22-19(3,4)5/h6-9H,10-11H2,1-5H3,(H,21,26)(H,22,25). The molecule has 26 heavy (non-hydrogen) atoms. The van der Waals surface area contributed by atoms with Gasteiger partial charge in [0.1, 0.15) is 5.15 Å². The van der Waals surface area contributed by atoms with Gasteiger partial charge in [-0.3, -0.25) is 9.59 Å². The van der Waals surface area contributed by atoms with Crippen molar-refractivity contribution in [3.8, 4) is 0 Å². The molecule has 2 amide bonds. The van der Waals surface area contributed by atoms with E-state index < -0.39 is 5.91 Å². The Morgan fingerprint density at radius 2 is 1.77 bits per heavy atom. The molecular formula is C19H25ClN4O2. The van der Waals surface area contributed by atoms with Crippen molar-refractivity contribution in [3.05, 3.63) is 51.8 Å². The van der Waals surface area contributed by atoms with Crippen LogP contribution in [0.2, 0.25) is 5.15 Å². The van der Waals surface area contributed by atoms with Crippen molar-refractivity contribution >= 4 is 23.4 Å². The van der Waals surface area contributed by atoms with E-state index in [0.717, 1.165) is 5.56 Å². The number of nitrogens with zero attached hydrogens (tertiary/aromatic N) is 2. The smallest absolute Gasteiger partial charge is 0.256 e. The van der Waals surface area contributed by atoms with E-state index in [0.29, 0.717) is 17.8 Å². The second-order valence-corrected chi connectivity index (χ2v) is 7.73. The highest BCUT2D eigenvalue weighted by Crippen LogP contribution is 2.21. The summed E-state index contributed by atoms with van der Waals surface area (Å²) in [4.78, 5) is 24.3. The van der Waals surface area contributed by atoms with Gasteiger partial charge in [-0.05, 0) is 40.2 Å². The molecule has 0 radical (unpaired) electrons. The molecule has 1 heterocycles. The number of rotatable bonds is 5. The fraction of sp³-hybridized carbons (Fsp3) is 0.421. The Bertz CT molecular complexity index is 804. The Kier molecular flexibility index (Phi) is 6.08. The monoisotopic (exact) mass is 376 g/mol. The molecule has 1 aromatic heterocycles. The van der Waals surface area contributed by atoms with Gasteiger partial charge in [0, 0.05) is 5.54 Å². The lowest BCUT2D eigenvalue weighted by molar-refractivity contribution is -0.121. The SMILES string of the molecule is Cc1ccc(Cn2nc(C)c(C(=O)NCC(=O)NC(C)(C)C)c2Cl)cc1. The molecule has 6 nitrogen and oxygen atoms in total. The molecule has 0 aliphatic carbocycles. The maximum absolute atomic E-state index is 12.4. The van der Waals surface area contributed by atoms with Crippen molar-refractivity contribution in [1.29, 1.82) is 0 Å². The molecule has 2 aromatic rings. The summed E-state index contributed by atoms with van der Waals surface area (Å²) in [6, 6.07) is 8.03. The van der Waals surface area contributed by atoms with E-state index in [-0.39, 0.29) is 23.1 Å². The number of hydrogen-bond donors (Lipinski definition) is 2. The number of carbonyl (C=O) groups excluding carboxylic acids is 2. The van der Waals surface area contributed by atoms with Crippen LogP contribution in [-0.2, 0) is 11.3 Å². The third kappa shape index (κ3) is 5.33. The predicted molar refractivity (Wildman–Crippen MR) is 102 cm³/mol. The van der Waals surface area contributed by atoms with Crippen LogP contribution in [0.3, 0.4) is 0 Å². The minimum atomic E-state index is -0.410. The van der Waals surface area contributed by atoms with Crippen LogP contribution >= 0.6 is 11.6 Å². The van der Waals surface area contributed by atoms with Gasteiger partial charge in [0.2, 0.25) is 5.91 Å². The van der Waals surface area contributed by atoms with Gasteiger partial charge in [0.25, 0.3) is 5.91 Å². The Labute approximate surface area is 158 Å². The number of amides is 2. The molecule has 0 bridgehead atoms. The average Bonchev–Trinajstić information content (AvgIpc) is 2.80. The summed E-state index contributed by atoms with van der Waals surface area (Å²) in [5, 5.41) is 10.0. The lowest BCUT2D eigenvalue weighted by Crippen LogP contribution is -2.45. The van der Waals surface area contributed by atoms with Crippen LogP contribution in [0.4, 0.5) is 0 Å². The molecule has 0 unspecified atom stereocenters. The van der Waals surface area contributed by atoms with E-state index in [9.17, 15) is 9.59 Å². The summed E-state index contributed by atoms with van der Waals surface area (Å²) >= 11 is 6.37. The molecule has 1 aromatic carbocycles. The van der Waals surface area contributed by atoms with E-state index in [4.69, 9.17) is 11.6 Å². The molecule has 0 aliphatic rings. The van der Waals surface area contributed by atoms with Crippen molar-refractivity contribution in [3.63, 3.8) is 0 Å². The molecule has 0 fully saturated rings. The van der Waals surface area contributed by atoms with Gasteiger partial charge < -0.3 is 10.6 Å². The largest absolute Gasteiger partial charge is 0.350 e. The predicted octanol–water partition coefficient (Wildman–Crippen LogP) is 2.85. The maximum Gasteiger partial charge on any atom is 0.256 e. The number of aromatic nitrogens is 2. The second-order valence-electron chi connectivity index (χ2n) is 7.38. The van der Waals surface area contributed by atoms with Crippen LogP contribution in [-0.4, -0.2) is 33.7 Å². The minimum Gasteiger partial charge on any atom is -0.350 e. The highest BCUT2D eigenvalue weighted by molar-refractivity contribution is 6.33. The first-order chi connectivity index (χ1) is 12.1. The third-order valence-electron chi connectivity index (χ3n) is 3.67. The summed E-state index contributed by atoms with van der Waals surface area (Å²) in [5.74, 6) is -0.668. The molecule has 140 valence electrons. The molecular weight excluding hydrogens is 352 g/mol. The van der Waals surface area contributed by atoms with E-state index in [2.05, 4.69) is 15.7 Å². The quantitative estimate of drug-likeness (QED) is 0.842. The number of aryl methyl sites for hydroxylation is 2. The van der Waals surface area contributed by atoms with Gasteiger partial charge in [-0.25, -0.2) is 4.68 Å². The minimum absolute atomic E-state index is 0.116. The summed E-state index contributed by atoms with van der Waals surface area (Å²) < 4.78 is 1.59. The fourth-order valence-corrected chi connectivity index (χ4v) is 2.81. The van der Waals surface area contributed by atoms with Crippen LogP contribution in [0.15, 0.2) is 24.3 Å². The van der Waals surface area contributed by atoms with Crippen molar-refractivity contribution in [2.45, 2.75) is 46.7 Å². The zero-order chi connectivity index (χ0) is 19.5. The molecule has 0 spiro atoms. The van der Waals surface area contributed by atoms with Gasteiger partial charge in [-0.1, -0.05) is 41.4 Å². The molecule has 0 aliphatic heterocycles. The fourth-order valence-electron chi connectivity index (χ4n) is 2.49. The third-order valence-corrected chi connectivity index (χ3v) is 4.05. The van der Waals surface area contributed by atoms with Crippen molar-refractivity contribution < 1.29 is 9.59 Å². The van der Waals surface area contributed by atoms with Crippen molar-refractivity contribution in [2.75, 3.05) is 6.54 Å². The summed E-state index contributed by atoms with van der Waals surface area (Å²) in [6.07, 6.45) is 0. The van der Waals surface area contributed by atoms with Gasteiger partial charge in [0.15, 0.2) is 0 Å². The molecule has 0 atom stereocenters. The highest BCUT2D eigenvalue weighted by atomic mass is 35.5. The second kappa shape index (κ2) is 7.91. The van der Waals surface area contributed by atoms with Crippen LogP contribution < -0.4 is 10.6 Å². The zero-order valence-corrected chi connectivity index (χ0v) is 16.6. The number of hydrogen-bond acceptors (Lipinski definition) is 3. The summed E-state index contributed by atoms with van der Waals surface area (Å²) in [5.41, 5.74) is 2.67. The molecule has 0 saturated carbocycles. The first-order valence-corrected chi connectivity index (χ1v) is 8.82. The van der Waals surface area contributed by atoms with E-state index in [1.165, 1.54) is 5.56 Å². The van der Waals surface area contributed by atoms with Crippen LogP contribution in [0.5, 0.6) is 0 Å². The van der Waals surface area contributed by atoms with Crippen molar-refractivity contribution in [1.82, 2.24) is 20.4 Å². The number of nitrogens with one attached hydrogen (secondary N) is 2. The van der Waals surface area contributed by atoms with Gasteiger partial charge in [-0.15, -0.1) is 0 Å². The van der Waals surface area contributed by atoms with Gasteiger partial charge in [0.05, 0.1) is 24.3 Å². The number of benzene rings is 1. The topological polar surface area (TPSA) is 76.0 Å². The van der Waals surface area contributed by atoms with Crippen LogP contribution in [0.1, 0.15) is 48.0 Å². The van der Waals surface area contributed by atoms with E-state index in [1.807, 2.05) is 52.0 Å². The lowest BCUT2D eigenvalue weighted by Gasteiger charge is -2.20. The van der Waals surface area contributed by atoms with Crippen LogP contribution in [0, 0.1) is 13.8 Å². The molecule has 0 saturated heterocycles. The van der Waals surface area contributed by atoms with E-state index >= 15 is 0 Å². The zero-order valence-electron chi connectivity index (χ0n) is 15.8. The van der Waals surface area contributed by atoms with Crippen LogP contribution in [0.25, 0.3) is 0 Å². The molecule has 7 heteroatoms. The molecule has 2 rings (SSSR count). The Balaban J connectivity index is 2.07. The summed E-state index contributed by atoms with van der Waals surface area (Å²) in [7, 11) is 0. The van der Waals surface area contributed by atoms with E-state index in [1.54, 1.807) is 11.6 Å². The Morgan fingerprint density at radius 3 is 2.35 bits per heavy atom. The number of carbonyl (C=O) groups is 2. The Morgan fingerprint density at radius 1 is 1.15 bits per heavy atom.